The number of rotatable bonds is 7. The lowest BCUT2D eigenvalue weighted by Gasteiger charge is -2.34. The van der Waals surface area contributed by atoms with Gasteiger partial charge in [0.05, 0.1) is 17.6 Å². The molecule has 0 bridgehead atoms. The predicted molar refractivity (Wildman–Crippen MR) is 157 cm³/mol. The summed E-state index contributed by atoms with van der Waals surface area (Å²) < 4.78 is 7.76. The van der Waals surface area contributed by atoms with Gasteiger partial charge in [0.15, 0.2) is 6.61 Å². The zero-order chi connectivity index (χ0) is 25.9. The van der Waals surface area contributed by atoms with Crippen LogP contribution in [0.5, 0.6) is 5.75 Å². The number of halogens is 2. The van der Waals surface area contributed by atoms with Gasteiger partial charge in [0.2, 0.25) is 5.91 Å². The van der Waals surface area contributed by atoms with Gasteiger partial charge in [-0.05, 0) is 41.3 Å². The minimum atomic E-state index is -0.218. The van der Waals surface area contributed by atoms with Crippen molar-refractivity contribution in [1.82, 2.24) is 19.4 Å². The summed E-state index contributed by atoms with van der Waals surface area (Å²) in [4.78, 5) is 33.5. The Labute approximate surface area is 237 Å². The summed E-state index contributed by atoms with van der Waals surface area (Å²) in [5.74, 6) is 1.63. The SMILES string of the molecule is CCC(=O)N1CCN(Cc2nc3cc(NC(=O)COc4ccc(C(C)(C)C)cc4)ccc3n2C)CC1.Cl.Cl. The molecule has 2 aromatic carbocycles. The number of carbonyl (C=O) groups excluding carboxylic acids is 2. The quantitative estimate of drug-likeness (QED) is 0.447. The Bertz CT molecular complexity index is 1230. The summed E-state index contributed by atoms with van der Waals surface area (Å²) in [5.41, 5.74) is 3.83. The number of hydrogen-bond donors (Lipinski definition) is 1. The maximum Gasteiger partial charge on any atom is 0.262 e. The lowest BCUT2D eigenvalue weighted by molar-refractivity contribution is -0.132. The molecule has 10 heteroatoms. The fourth-order valence-electron chi connectivity index (χ4n) is 4.44. The molecule has 1 aliphatic rings. The van der Waals surface area contributed by atoms with Crippen LogP contribution in [0, 0.1) is 0 Å². The molecule has 0 unspecified atom stereocenters. The first-order valence-electron chi connectivity index (χ1n) is 12.6. The maximum absolute atomic E-state index is 12.5. The molecule has 0 aliphatic carbocycles. The van der Waals surface area contributed by atoms with Gasteiger partial charge in [0, 0.05) is 45.3 Å². The number of anilines is 1. The van der Waals surface area contributed by atoms with E-state index in [0.29, 0.717) is 17.9 Å². The molecule has 1 fully saturated rings. The van der Waals surface area contributed by atoms with E-state index >= 15 is 0 Å². The second kappa shape index (κ2) is 13.3. The number of piperazine rings is 1. The monoisotopic (exact) mass is 563 g/mol. The number of amides is 2. The number of aromatic nitrogens is 2. The van der Waals surface area contributed by atoms with Crippen LogP contribution < -0.4 is 10.1 Å². The van der Waals surface area contributed by atoms with Crippen LogP contribution in [0.3, 0.4) is 0 Å². The predicted octanol–water partition coefficient (Wildman–Crippen LogP) is 4.79. The van der Waals surface area contributed by atoms with E-state index < -0.39 is 0 Å². The van der Waals surface area contributed by atoms with Gasteiger partial charge in [0.1, 0.15) is 11.6 Å². The Kier molecular flexibility index (Phi) is 11.0. The number of nitrogens with zero attached hydrogens (tertiary/aromatic N) is 4. The summed E-state index contributed by atoms with van der Waals surface area (Å²) in [7, 11) is 2.01. The molecule has 1 saturated heterocycles. The van der Waals surface area contributed by atoms with Crippen molar-refractivity contribution in [2.75, 3.05) is 38.1 Å². The molecule has 38 heavy (non-hydrogen) atoms. The number of ether oxygens (including phenoxy) is 1. The normalized spacial score (nSPS) is 14.0. The topological polar surface area (TPSA) is 79.7 Å². The van der Waals surface area contributed by atoms with Crippen molar-refractivity contribution >= 4 is 53.3 Å². The Morgan fingerprint density at radius 3 is 2.26 bits per heavy atom. The van der Waals surface area contributed by atoms with Crippen LogP contribution in [0.1, 0.15) is 45.5 Å². The number of hydrogen-bond acceptors (Lipinski definition) is 5. The van der Waals surface area contributed by atoms with Gasteiger partial charge < -0.3 is 19.5 Å². The highest BCUT2D eigenvalue weighted by Crippen LogP contribution is 2.24. The Hall–Kier alpha value is -2.81. The van der Waals surface area contributed by atoms with Gasteiger partial charge in [0.25, 0.3) is 5.91 Å². The molecule has 8 nitrogen and oxygen atoms in total. The van der Waals surface area contributed by atoms with E-state index in [1.807, 2.05) is 61.3 Å². The molecule has 2 amide bonds. The van der Waals surface area contributed by atoms with Crippen LogP contribution in [0.4, 0.5) is 5.69 Å². The molecule has 0 saturated carbocycles. The molecule has 1 aliphatic heterocycles. The van der Waals surface area contributed by atoms with Gasteiger partial charge in [-0.1, -0.05) is 39.8 Å². The van der Waals surface area contributed by atoms with Crippen molar-refractivity contribution in [3.63, 3.8) is 0 Å². The largest absolute Gasteiger partial charge is 0.484 e. The van der Waals surface area contributed by atoms with Gasteiger partial charge >= 0.3 is 0 Å². The highest BCUT2D eigenvalue weighted by Gasteiger charge is 2.21. The average Bonchev–Trinajstić information content (AvgIpc) is 3.16. The lowest BCUT2D eigenvalue weighted by Crippen LogP contribution is -2.48. The Morgan fingerprint density at radius 1 is 1.00 bits per heavy atom. The number of fused-ring (bicyclic) bond motifs is 1. The van der Waals surface area contributed by atoms with Crippen LogP contribution in [0.25, 0.3) is 11.0 Å². The zero-order valence-corrected chi connectivity index (χ0v) is 24.5. The highest BCUT2D eigenvalue weighted by atomic mass is 35.5. The van der Waals surface area contributed by atoms with Gasteiger partial charge in [-0.15, -0.1) is 24.8 Å². The van der Waals surface area contributed by atoms with E-state index in [4.69, 9.17) is 9.72 Å². The second-order valence-corrected chi connectivity index (χ2v) is 10.4. The second-order valence-electron chi connectivity index (χ2n) is 10.4. The molecular formula is C28H39Cl2N5O3. The molecular weight excluding hydrogens is 525 g/mol. The summed E-state index contributed by atoms with van der Waals surface area (Å²) in [6.45, 7) is 12.3. The molecule has 0 radical (unpaired) electrons. The van der Waals surface area contributed by atoms with Crippen molar-refractivity contribution in [1.29, 1.82) is 0 Å². The van der Waals surface area contributed by atoms with Gasteiger partial charge in [-0.2, -0.15) is 0 Å². The van der Waals surface area contributed by atoms with Crippen LogP contribution >= 0.6 is 24.8 Å². The van der Waals surface area contributed by atoms with Crippen molar-refractivity contribution in [3.05, 3.63) is 53.9 Å². The number of imidazole rings is 1. The van der Waals surface area contributed by atoms with Crippen molar-refractivity contribution in [3.8, 4) is 5.75 Å². The fourth-order valence-corrected chi connectivity index (χ4v) is 4.44. The summed E-state index contributed by atoms with van der Waals surface area (Å²) in [6.07, 6.45) is 0.556. The van der Waals surface area contributed by atoms with Crippen LogP contribution in [0.15, 0.2) is 42.5 Å². The molecule has 1 aromatic heterocycles. The molecule has 3 aromatic rings. The zero-order valence-electron chi connectivity index (χ0n) is 22.8. The first-order valence-corrected chi connectivity index (χ1v) is 12.6. The van der Waals surface area contributed by atoms with Crippen LogP contribution in [-0.2, 0) is 28.6 Å². The third kappa shape index (κ3) is 7.62. The minimum Gasteiger partial charge on any atom is -0.484 e. The smallest absolute Gasteiger partial charge is 0.262 e. The van der Waals surface area contributed by atoms with Crippen molar-refractivity contribution in [2.45, 2.75) is 46.1 Å². The summed E-state index contributed by atoms with van der Waals surface area (Å²) >= 11 is 0. The standard InChI is InChI=1S/C28H37N5O3.2ClH/c1-6-27(35)33-15-13-32(14-16-33)18-25-30-23-17-21(9-12-24(23)31(25)5)29-26(34)19-36-22-10-7-20(8-11-22)28(2,3)4;;/h7-12,17H,6,13-16,18-19H2,1-5H3,(H,29,34);2*1H. The maximum atomic E-state index is 12.5. The lowest BCUT2D eigenvalue weighted by atomic mass is 9.87. The first-order chi connectivity index (χ1) is 17.1. The van der Waals surface area contributed by atoms with Crippen LogP contribution in [0.2, 0.25) is 0 Å². The number of benzene rings is 2. The van der Waals surface area contributed by atoms with E-state index in [-0.39, 0.29) is 48.7 Å². The number of carbonyl (C=O) groups is 2. The first kappa shape index (κ1) is 31.4. The number of nitrogens with one attached hydrogen (secondary N) is 1. The van der Waals surface area contributed by atoms with E-state index in [1.165, 1.54) is 5.56 Å². The van der Waals surface area contributed by atoms with Crippen LogP contribution in [-0.4, -0.2) is 64.0 Å². The number of aryl methyl sites for hydroxylation is 1. The molecule has 208 valence electrons. The summed E-state index contributed by atoms with van der Waals surface area (Å²) in [5, 5.41) is 2.91. The third-order valence-electron chi connectivity index (χ3n) is 6.74. The van der Waals surface area contributed by atoms with E-state index in [1.54, 1.807) is 0 Å². The van der Waals surface area contributed by atoms with Crippen molar-refractivity contribution < 1.29 is 14.3 Å². The van der Waals surface area contributed by atoms with Gasteiger partial charge in [-0.25, -0.2) is 4.98 Å². The minimum absolute atomic E-state index is 0. The third-order valence-corrected chi connectivity index (χ3v) is 6.74. The Balaban J connectivity index is 0.00000253. The highest BCUT2D eigenvalue weighted by molar-refractivity contribution is 5.94. The molecule has 0 atom stereocenters. The molecule has 4 rings (SSSR count). The molecule has 1 N–H and O–H groups in total. The molecule has 2 heterocycles. The average molecular weight is 565 g/mol. The Morgan fingerprint density at radius 2 is 1.66 bits per heavy atom. The van der Waals surface area contributed by atoms with E-state index in [0.717, 1.165) is 49.6 Å². The van der Waals surface area contributed by atoms with Gasteiger partial charge in [-0.3, -0.25) is 14.5 Å². The summed E-state index contributed by atoms with van der Waals surface area (Å²) in [6, 6.07) is 13.6. The molecule has 0 spiro atoms. The van der Waals surface area contributed by atoms with Crippen molar-refractivity contribution in [2.24, 2.45) is 7.05 Å². The fraction of sp³-hybridized carbons (Fsp3) is 0.464. The van der Waals surface area contributed by atoms with E-state index in [2.05, 4.69) is 35.6 Å². The van der Waals surface area contributed by atoms with E-state index in [9.17, 15) is 9.59 Å².